The van der Waals surface area contributed by atoms with Crippen LogP contribution in [0, 0.1) is 6.92 Å². The second kappa shape index (κ2) is 15.3. The minimum atomic E-state index is -2.97. The first-order valence-corrected chi connectivity index (χ1v) is 13.1. The van der Waals surface area contributed by atoms with Crippen molar-refractivity contribution in [1.29, 1.82) is 0 Å². The van der Waals surface area contributed by atoms with E-state index in [1.807, 2.05) is 6.92 Å². The van der Waals surface area contributed by atoms with E-state index in [1.54, 1.807) is 44.2 Å². The van der Waals surface area contributed by atoms with Crippen LogP contribution in [-0.2, 0) is 18.4 Å². The molecule has 0 fully saturated rings. The number of carbonyl (C=O) groups excluding carboxylic acids is 1. The van der Waals surface area contributed by atoms with Crippen molar-refractivity contribution in [1.82, 2.24) is 0 Å². The molecule has 3 N–H and O–H groups in total. The van der Waals surface area contributed by atoms with Gasteiger partial charge in [0.15, 0.2) is 0 Å². The third-order valence-electron chi connectivity index (χ3n) is 4.56. The van der Waals surface area contributed by atoms with Gasteiger partial charge in [-0.3, -0.25) is 14.2 Å². The van der Waals surface area contributed by atoms with Gasteiger partial charge < -0.3 is 24.6 Å². The number of hydrogen-bond acceptors (Lipinski definition) is 6. The number of carboxylic acids is 2. The third-order valence-corrected chi connectivity index (χ3v) is 6.97. The molecule has 2 rings (SSSR count). The molecule has 0 radical (unpaired) electrons. The van der Waals surface area contributed by atoms with Crippen molar-refractivity contribution in [2.24, 2.45) is 0 Å². The Bertz CT molecular complexity index is 1050. The molecule has 0 aliphatic heterocycles. The van der Waals surface area contributed by atoms with Gasteiger partial charge in [-0.05, 0) is 69.5 Å². The molecule has 0 heterocycles. The lowest BCUT2D eigenvalue weighted by Gasteiger charge is -2.16. The van der Waals surface area contributed by atoms with Crippen LogP contribution in [0.2, 0.25) is 5.02 Å². The summed E-state index contributed by atoms with van der Waals surface area (Å²) in [5.41, 5.74) is 1.49. The summed E-state index contributed by atoms with van der Waals surface area (Å²) < 4.78 is 22.0. The zero-order chi connectivity index (χ0) is 26.4. The fourth-order valence-electron chi connectivity index (χ4n) is 2.97. The van der Waals surface area contributed by atoms with Crippen LogP contribution in [0.25, 0.3) is 0 Å². The quantitative estimate of drug-likeness (QED) is 0.222. The largest absolute Gasteiger partial charge is 0.481 e. The summed E-state index contributed by atoms with van der Waals surface area (Å²) >= 11 is 5.85. The average Bonchev–Trinajstić information content (AvgIpc) is 2.79. The maximum Gasteiger partial charge on any atom is 0.336 e. The SMILES string of the molecule is CCOP(=O)(CCCCC(=O)O)OCC.Cc1cc(Cl)ccc1NC(=O)c1ccccc1C(=O)O. The number of benzene rings is 2. The molecule has 2 aromatic carbocycles. The molecule has 11 heteroatoms. The van der Waals surface area contributed by atoms with Crippen molar-refractivity contribution in [3.8, 4) is 0 Å². The monoisotopic (exact) mass is 527 g/mol. The summed E-state index contributed by atoms with van der Waals surface area (Å²) in [4.78, 5) is 33.5. The lowest BCUT2D eigenvalue weighted by molar-refractivity contribution is -0.137. The predicted molar refractivity (Wildman–Crippen MR) is 135 cm³/mol. The highest BCUT2D eigenvalue weighted by Crippen LogP contribution is 2.48. The van der Waals surface area contributed by atoms with E-state index in [4.69, 9.17) is 30.9 Å². The van der Waals surface area contributed by atoms with Crippen molar-refractivity contribution >= 4 is 42.7 Å². The fraction of sp³-hybridized carbons (Fsp3) is 0.375. The standard InChI is InChI=1S/C15H12ClNO3.C9H19O5P/c1-9-8-10(16)6-7-13(9)17-14(18)11-4-2-3-5-12(11)15(19)20;1-3-13-15(12,14-4-2)8-6-5-7-9(10)11/h2-8H,1H3,(H,17,18)(H,19,20);3-8H2,1-2H3,(H,10,11). The highest BCUT2D eigenvalue weighted by atomic mass is 35.5. The molecule has 0 aromatic heterocycles. The van der Waals surface area contributed by atoms with Crippen LogP contribution in [0.15, 0.2) is 42.5 Å². The van der Waals surface area contributed by atoms with Gasteiger partial charge in [-0.15, -0.1) is 0 Å². The summed E-state index contributed by atoms with van der Waals surface area (Å²) in [6, 6.07) is 11.1. The summed E-state index contributed by atoms with van der Waals surface area (Å²) in [6.07, 6.45) is 1.43. The van der Waals surface area contributed by atoms with Crippen molar-refractivity contribution in [3.05, 3.63) is 64.2 Å². The number of carbonyl (C=O) groups is 3. The molecule has 0 aliphatic rings. The molecule has 0 saturated heterocycles. The van der Waals surface area contributed by atoms with Crippen LogP contribution in [0.3, 0.4) is 0 Å². The van der Waals surface area contributed by atoms with Gasteiger partial charge in [-0.1, -0.05) is 23.7 Å². The summed E-state index contributed by atoms with van der Waals surface area (Å²) in [6.45, 7) is 6.00. The lowest BCUT2D eigenvalue weighted by atomic mass is 10.1. The highest BCUT2D eigenvalue weighted by Gasteiger charge is 2.22. The van der Waals surface area contributed by atoms with Crippen molar-refractivity contribution in [2.75, 3.05) is 24.7 Å². The van der Waals surface area contributed by atoms with Gasteiger partial charge in [-0.2, -0.15) is 0 Å². The Morgan fingerprint density at radius 1 is 0.971 bits per heavy atom. The number of hydrogen-bond donors (Lipinski definition) is 3. The number of carboxylic acid groups (broad SMARTS) is 2. The van der Waals surface area contributed by atoms with Crippen LogP contribution in [-0.4, -0.2) is 47.4 Å². The molecule has 0 atom stereocenters. The Balaban J connectivity index is 0.000000367. The van der Waals surface area contributed by atoms with Crippen LogP contribution >= 0.6 is 19.2 Å². The Morgan fingerprint density at radius 2 is 1.57 bits per heavy atom. The Labute approximate surface area is 209 Å². The van der Waals surface area contributed by atoms with Crippen molar-refractivity contribution in [3.63, 3.8) is 0 Å². The molecule has 9 nitrogen and oxygen atoms in total. The molecule has 0 saturated carbocycles. The van der Waals surface area contributed by atoms with E-state index in [1.165, 1.54) is 12.1 Å². The van der Waals surface area contributed by atoms with E-state index in [-0.39, 0.29) is 17.5 Å². The minimum absolute atomic E-state index is 0.0309. The van der Waals surface area contributed by atoms with Gasteiger partial charge in [0, 0.05) is 17.1 Å². The highest BCUT2D eigenvalue weighted by molar-refractivity contribution is 7.53. The first-order valence-electron chi connectivity index (χ1n) is 11.0. The van der Waals surface area contributed by atoms with Gasteiger partial charge in [-0.25, -0.2) is 4.79 Å². The minimum Gasteiger partial charge on any atom is -0.481 e. The summed E-state index contributed by atoms with van der Waals surface area (Å²) in [5, 5.41) is 20.8. The van der Waals surface area contributed by atoms with Gasteiger partial charge >= 0.3 is 19.5 Å². The Morgan fingerprint density at radius 3 is 2.09 bits per heavy atom. The number of unbranched alkanes of at least 4 members (excludes halogenated alkanes) is 1. The molecule has 2 aromatic rings. The van der Waals surface area contributed by atoms with Crippen LogP contribution < -0.4 is 5.32 Å². The number of anilines is 1. The Kier molecular flexibility index (Phi) is 13.3. The number of aliphatic carboxylic acids is 1. The molecule has 0 unspecified atom stereocenters. The number of aryl methyl sites for hydroxylation is 1. The van der Waals surface area contributed by atoms with Gasteiger partial charge in [0.25, 0.3) is 5.91 Å². The molecule has 192 valence electrons. The Hall–Kier alpha value is -2.71. The number of amides is 1. The molecule has 0 bridgehead atoms. The van der Waals surface area contributed by atoms with Crippen LogP contribution in [0.1, 0.15) is 59.4 Å². The maximum absolute atomic E-state index is 12.2. The number of nitrogens with one attached hydrogen (secondary N) is 1. The molecule has 1 amide bonds. The summed E-state index contributed by atoms with van der Waals surface area (Å²) in [7, 11) is -2.97. The molecular weight excluding hydrogens is 497 g/mol. The van der Waals surface area contributed by atoms with E-state index in [0.717, 1.165) is 5.56 Å². The van der Waals surface area contributed by atoms with Gasteiger partial charge in [0.2, 0.25) is 0 Å². The third kappa shape index (κ3) is 11.0. The van der Waals surface area contributed by atoms with E-state index in [0.29, 0.717) is 42.9 Å². The number of rotatable bonds is 12. The first kappa shape index (κ1) is 30.3. The van der Waals surface area contributed by atoms with Gasteiger partial charge in [0.1, 0.15) is 0 Å². The van der Waals surface area contributed by atoms with Crippen LogP contribution in [0.5, 0.6) is 0 Å². The molecule has 0 aliphatic carbocycles. The van der Waals surface area contributed by atoms with Crippen LogP contribution in [0.4, 0.5) is 5.69 Å². The maximum atomic E-state index is 12.2. The zero-order valence-electron chi connectivity index (χ0n) is 20.0. The average molecular weight is 528 g/mol. The van der Waals surface area contributed by atoms with Crippen molar-refractivity contribution in [2.45, 2.75) is 40.0 Å². The van der Waals surface area contributed by atoms with E-state index < -0.39 is 25.4 Å². The molecular formula is C24H31ClNO8P. The van der Waals surface area contributed by atoms with E-state index in [9.17, 15) is 18.9 Å². The van der Waals surface area contributed by atoms with E-state index >= 15 is 0 Å². The number of aromatic carboxylic acids is 1. The lowest BCUT2D eigenvalue weighted by Crippen LogP contribution is -2.16. The molecule has 0 spiro atoms. The zero-order valence-corrected chi connectivity index (χ0v) is 21.6. The predicted octanol–water partition coefficient (Wildman–Crippen LogP) is 6.11. The second-order valence-electron chi connectivity index (χ2n) is 7.29. The first-order chi connectivity index (χ1) is 16.5. The fourth-order valence-corrected chi connectivity index (χ4v) is 4.92. The van der Waals surface area contributed by atoms with Gasteiger partial charge in [0.05, 0.1) is 30.5 Å². The summed E-state index contributed by atoms with van der Waals surface area (Å²) in [5.74, 6) is -2.44. The van der Waals surface area contributed by atoms with Crippen molar-refractivity contribution < 1.29 is 38.2 Å². The smallest absolute Gasteiger partial charge is 0.336 e. The molecule has 35 heavy (non-hydrogen) atoms. The second-order valence-corrected chi connectivity index (χ2v) is 9.91. The number of halogens is 1. The topological polar surface area (TPSA) is 139 Å². The van der Waals surface area contributed by atoms with E-state index in [2.05, 4.69) is 5.32 Å². The normalized spacial score (nSPS) is 10.7.